The number of carbonyl (C=O) groups is 1. The van der Waals surface area contributed by atoms with Crippen molar-refractivity contribution in [2.24, 2.45) is 5.41 Å². The molecule has 0 spiro atoms. The van der Waals surface area contributed by atoms with E-state index in [9.17, 15) is 4.79 Å². The normalized spacial score (nSPS) is 19.9. The average Bonchev–Trinajstić information content (AvgIpc) is 2.70. The van der Waals surface area contributed by atoms with Gasteiger partial charge in [0.25, 0.3) is 0 Å². The zero-order valence-electron chi connectivity index (χ0n) is 17.6. The van der Waals surface area contributed by atoms with Gasteiger partial charge in [0.1, 0.15) is 0 Å². The first-order valence-electron chi connectivity index (χ1n) is 9.80. The fourth-order valence-corrected chi connectivity index (χ4v) is 4.89. The van der Waals surface area contributed by atoms with Crippen LogP contribution in [0, 0.1) is 5.41 Å². The molecule has 1 unspecified atom stereocenters. The predicted molar refractivity (Wildman–Crippen MR) is 118 cm³/mol. The Balaban J connectivity index is 1.93. The van der Waals surface area contributed by atoms with Crippen LogP contribution < -0.4 is 14.8 Å². The Kier molecular flexibility index (Phi) is 5.11. The summed E-state index contributed by atoms with van der Waals surface area (Å²) in [7, 11) is 3.28. The number of hydrogen-bond acceptors (Lipinski definition) is 5. The molecule has 4 rings (SSSR count). The second-order valence-corrected chi connectivity index (χ2v) is 9.34. The number of benzene rings is 2. The molecule has 2 aromatic carbocycles. The molecule has 5 heteroatoms. The number of fused-ring (bicyclic) bond motifs is 1. The van der Waals surface area contributed by atoms with Crippen LogP contribution in [0.5, 0.6) is 11.5 Å². The minimum atomic E-state index is -0.111. The first-order chi connectivity index (χ1) is 13.9. The molecule has 0 bridgehead atoms. The molecule has 0 fully saturated rings. The zero-order valence-corrected chi connectivity index (χ0v) is 18.4. The summed E-state index contributed by atoms with van der Waals surface area (Å²) in [6, 6.07) is 12.5. The second-order valence-electron chi connectivity index (χ2n) is 8.46. The molecule has 1 aliphatic heterocycles. The SMILES string of the molecule is COc1cc2c(cc1OC)C(c1ccc(SC)cc1)C1=C(CC(C)(C)CC1=O)N2. The lowest BCUT2D eigenvalue weighted by Crippen LogP contribution is -2.33. The summed E-state index contributed by atoms with van der Waals surface area (Å²) in [5.74, 6) is 1.47. The summed E-state index contributed by atoms with van der Waals surface area (Å²) < 4.78 is 11.1. The number of methoxy groups -OCH3 is 2. The van der Waals surface area contributed by atoms with Gasteiger partial charge in [-0.3, -0.25) is 4.79 Å². The molecular weight excluding hydrogens is 382 g/mol. The number of rotatable bonds is 4. The van der Waals surface area contributed by atoms with Crippen molar-refractivity contribution in [3.63, 3.8) is 0 Å². The van der Waals surface area contributed by atoms with Crippen molar-refractivity contribution in [3.8, 4) is 11.5 Å². The largest absolute Gasteiger partial charge is 0.493 e. The summed E-state index contributed by atoms with van der Waals surface area (Å²) in [5, 5.41) is 3.55. The van der Waals surface area contributed by atoms with E-state index >= 15 is 0 Å². The molecule has 152 valence electrons. The van der Waals surface area contributed by atoms with Crippen LogP contribution in [-0.4, -0.2) is 26.3 Å². The number of hydrogen-bond donors (Lipinski definition) is 1. The van der Waals surface area contributed by atoms with Gasteiger partial charge in [0.2, 0.25) is 0 Å². The van der Waals surface area contributed by atoms with Crippen LogP contribution in [-0.2, 0) is 4.79 Å². The van der Waals surface area contributed by atoms with Crippen molar-refractivity contribution in [1.29, 1.82) is 0 Å². The average molecular weight is 410 g/mol. The maximum absolute atomic E-state index is 13.3. The summed E-state index contributed by atoms with van der Waals surface area (Å²) in [4.78, 5) is 14.5. The summed E-state index contributed by atoms with van der Waals surface area (Å²) in [5.41, 5.74) is 5.02. The van der Waals surface area contributed by atoms with Crippen LogP contribution in [0.2, 0.25) is 0 Å². The van der Waals surface area contributed by atoms with Gasteiger partial charge in [-0.25, -0.2) is 0 Å². The number of thioether (sulfide) groups is 1. The first kappa shape index (κ1) is 19.9. The van der Waals surface area contributed by atoms with E-state index in [0.717, 1.165) is 34.5 Å². The van der Waals surface area contributed by atoms with E-state index in [1.165, 1.54) is 4.90 Å². The van der Waals surface area contributed by atoms with E-state index in [-0.39, 0.29) is 17.1 Å². The monoisotopic (exact) mass is 409 g/mol. The highest BCUT2D eigenvalue weighted by Crippen LogP contribution is 2.51. The van der Waals surface area contributed by atoms with Crippen molar-refractivity contribution >= 4 is 23.2 Å². The Morgan fingerprint density at radius 1 is 1.03 bits per heavy atom. The van der Waals surface area contributed by atoms with E-state index < -0.39 is 0 Å². The molecule has 2 aliphatic rings. The van der Waals surface area contributed by atoms with Gasteiger partial charge in [0, 0.05) is 40.3 Å². The fraction of sp³-hybridized carbons (Fsp3) is 0.375. The quantitative estimate of drug-likeness (QED) is 0.664. The van der Waals surface area contributed by atoms with Gasteiger partial charge in [0.05, 0.1) is 14.2 Å². The number of allylic oxidation sites excluding steroid dienone is 2. The van der Waals surface area contributed by atoms with Gasteiger partial charge in [-0.15, -0.1) is 11.8 Å². The molecule has 0 radical (unpaired) electrons. The van der Waals surface area contributed by atoms with Crippen molar-refractivity contribution < 1.29 is 14.3 Å². The van der Waals surface area contributed by atoms with E-state index in [0.29, 0.717) is 17.9 Å². The minimum Gasteiger partial charge on any atom is -0.493 e. The van der Waals surface area contributed by atoms with Gasteiger partial charge >= 0.3 is 0 Å². The Labute approximate surface area is 176 Å². The lowest BCUT2D eigenvalue weighted by atomic mass is 9.68. The molecule has 1 atom stereocenters. The summed E-state index contributed by atoms with van der Waals surface area (Å²) in [6.45, 7) is 4.31. The van der Waals surface area contributed by atoms with Crippen LogP contribution in [0.4, 0.5) is 5.69 Å². The number of anilines is 1. The molecule has 0 aromatic heterocycles. The number of ketones is 1. The van der Waals surface area contributed by atoms with E-state index in [1.807, 2.05) is 12.1 Å². The number of Topliss-reactive ketones (excluding diaryl/α,β-unsaturated/α-hetero) is 1. The number of carbonyl (C=O) groups excluding carboxylic acids is 1. The molecule has 1 heterocycles. The standard InChI is InChI=1S/C24H27NO3S/c1-24(2)12-18-23(19(26)13-24)22(14-6-8-15(29-5)9-7-14)16-10-20(27-3)21(28-4)11-17(16)25-18/h6-11,22,25H,12-13H2,1-5H3. The van der Waals surface area contributed by atoms with Gasteiger partial charge in [-0.2, -0.15) is 0 Å². The third-order valence-electron chi connectivity index (χ3n) is 5.81. The Bertz CT molecular complexity index is 992. The highest BCUT2D eigenvalue weighted by Gasteiger charge is 2.41. The smallest absolute Gasteiger partial charge is 0.162 e. The number of ether oxygens (including phenoxy) is 2. The predicted octanol–water partition coefficient (Wildman–Crippen LogP) is 5.63. The lowest BCUT2D eigenvalue weighted by Gasteiger charge is -2.39. The van der Waals surface area contributed by atoms with Gasteiger partial charge in [0.15, 0.2) is 17.3 Å². The van der Waals surface area contributed by atoms with Crippen LogP contribution >= 0.6 is 11.8 Å². The van der Waals surface area contributed by atoms with Crippen LogP contribution in [0.1, 0.15) is 43.7 Å². The van der Waals surface area contributed by atoms with Crippen molar-refractivity contribution in [3.05, 3.63) is 58.8 Å². The highest BCUT2D eigenvalue weighted by atomic mass is 32.2. The lowest BCUT2D eigenvalue weighted by molar-refractivity contribution is -0.118. The maximum atomic E-state index is 13.3. The molecule has 0 saturated heterocycles. The number of nitrogens with one attached hydrogen (secondary N) is 1. The maximum Gasteiger partial charge on any atom is 0.162 e. The molecule has 1 aliphatic carbocycles. The molecule has 1 N–H and O–H groups in total. The van der Waals surface area contributed by atoms with Gasteiger partial charge < -0.3 is 14.8 Å². The Morgan fingerprint density at radius 2 is 1.69 bits per heavy atom. The molecule has 0 amide bonds. The third-order valence-corrected chi connectivity index (χ3v) is 6.55. The Morgan fingerprint density at radius 3 is 2.31 bits per heavy atom. The topological polar surface area (TPSA) is 47.6 Å². The highest BCUT2D eigenvalue weighted by molar-refractivity contribution is 7.98. The van der Waals surface area contributed by atoms with E-state index in [4.69, 9.17) is 9.47 Å². The fourth-order valence-electron chi connectivity index (χ4n) is 4.48. The molecule has 0 saturated carbocycles. The summed E-state index contributed by atoms with van der Waals surface area (Å²) >= 11 is 1.72. The van der Waals surface area contributed by atoms with Crippen LogP contribution in [0.25, 0.3) is 0 Å². The molecule has 4 nitrogen and oxygen atoms in total. The molecule has 29 heavy (non-hydrogen) atoms. The van der Waals surface area contributed by atoms with Crippen molar-refractivity contribution in [1.82, 2.24) is 0 Å². The third kappa shape index (κ3) is 3.52. The minimum absolute atomic E-state index is 0.0514. The van der Waals surface area contributed by atoms with Gasteiger partial charge in [-0.1, -0.05) is 26.0 Å². The molecule has 2 aromatic rings. The van der Waals surface area contributed by atoms with Crippen molar-refractivity contribution in [2.45, 2.75) is 37.5 Å². The zero-order chi connectivity index (χ0) is 20.8. The Hall–Kier alpha value is -2.40. The van der Waals surface area contributed by atoms with Crippen molar-refractivity contribution in [2.75, 3.05) is 25.8 Å². The first-order valence-corrected chi connectivity index (χ1v) is 11.0. The molecular formula is C24H27NO3S. The van der Waals surface area contributed by atoms with Crippen LogP contribution in [0.15, 0.2) is 52.6 Å². The summed E-state index contributed by atoms with van der Waals surface area (Å²) in [6.07, 6.45) is 3.48. The van der Waals surface area contributed by atoms with E-state index in [1.54, 1.807) is 26.0 Å². The second kappa shape index (κ2) is 7.45. The van der Waals surface area contributed by atoms with Crippen LogP contribution in [0.3, 0.4) is 0 Å². The van der Waals surface area contributed by atoms with Gasteiger partial charge in [-0.05, 0) is 47.4 Å². The van der Waals surface area contributed by atoms with E-state index in [2.05, 4.69) is 49.7 Å².